The highest BCUT2D eigenvalue weighted by atomic mass is 16.5. The number of likely N-dealkylation sites (tertiary alicyclic amines) is 1. The number of carbonyl (C=O) groups is 1. The van der Waals surface area contributed by atoms with E-state index in [-0.39, 0.29) is 11.3 Å². The second-order valence-electron chi connectivity index (χ2n) is 11.5. The fourth-order valence-electron chi connectivity index (χ4n) is 6.20. The van der Waals surface area contributed by atoms with Gasteiger partial charge in [-0.15, -0.1) is 0 Å². The lowest BCUT2D eigenvalue weighted by Gasteiger charge is -2.45. The first-order chi connectivity index (χ1) is 18.0. The van der Waals surface area contributed by atoms with Crippen LogP contribution in [0.3, 0.4) is 0 Å². The Bertz CT molecular complexity index is 997. The van der Waals surface area contributed by atoms with E-state index in [1.165, 1.54) is 24.8 Å². The van der Waals surface area contributed by atoms with E-state index in [1.54, 1.807) is 7.11 Å². The largest absolute Gasteiger partial charge is 0.496 e. The lowest BCUT2D eigenvalue weighted by atomic mass is 9.73. The molecule has 0 saturated carbocycles. The van der Waals surface area contributed by atoms with Crippen LogP contribution < -0.4 is 9.47 Å². The Morgan fingerprint density at radius 1 is 1.00 bits per heavy atom. The van der Waals surface area contributed by atoms with Gasteiger partial charge in [-0.25, -0.2) is 0 Å². The number of ether oxygens (including phenoxy) is 2. The fourth-order valence-corrected chi connectivity index (χ4v) is 6.20. The molecule has 2 aliphatic heterocycles. The van der Waals surface area contributed by atoms with Crippen molar-refractivity contribution in [2.24, 2.45) is 11.3 Å². The van der Waals surface area contributed by atoms with Crippen molar-refractivity contribution in [2.45, 2.75) is 65.2 Å². The molecule has 1 spiro atoms. The number of hydrogen-bond acceptors (Lipinski definition) is 4. The van der Waals surface area contributed by atoms with Crippen LogP contribution >= 0.6 is 0 Å². The molecule has 2 heterocycles. The molecule has 1 fully saturated rings. The molecule has 0 bridgehead atoms. The van der Waals surface area contributed by atoms with Crippen LogP contribution in [0.5, 0.6) is 11.5 Å². The molecule has 5 nitrogen and oxygen atoms in total. The molecule has 1 amide bonds. The van der Waals surface area contributed by atoms with Crippen LogP contribution in [0.4, 0.5) is 0 Å². The third-order valence-corrected chi connectivity index (χ3v) is 8.20. The van der Waals surface area contributed by atoms with Gasteiger partial charge in [0.2, 0.25) is 5.91 Å². The molecule has 2 aromatic carbocycles. The minimum absolute atomic E-state index is 0.276. The summed E-state index contributed by atoms with van der Waals surface area (Å²) in [6.07, 6.45) is 8.21. The first-order valence-corrected chi connectivity index (χ1v) is 14.3. The fraction of sp³-hybridized carbons (Fsp3) is 0.594. The van der Waals surface area contributed by atoms with Gasteiger partial charge in [-0.1, -0.05) is 56.7 Å². The Morgan fingerprint density at radius 3 is 2.54 bits per heavy atom. The maximum Gasteiger partial charge on any atom is 0.222 e. The molecule has 4 rings (SSSR count). The zero-order valence-corrected chi connectivity index (χ0v) is 23.2. The van der Waals surface area contributed by atoms with E-state index in [9.17, 15) is 4.79 Å². The number of nitrogens with zero attached hydrogens (tertiary/aromatic N) is 2. The van der Waals surface area contributed by atoms with E-state index in [4.69, 9.17) is 9.47 Å². The van der Waals surface area contributed by atoms with Crippen molar-refractivity contribution in [1.82, 2.24) is 9.80 Å². The van der Waals surface area contributed by atoms with Crippen LogP contribution in [0.1, 0.15) is 63.5 Å². The summed E-state index contributed by atoms with van der Waals surface area (Å²) >= 11 is 0. The standard InChI is InChI=1S/C32H46N2O3/c1-26(2)24-33-22-23-37-30-14-7-5-10-27(30)12-8-9-17-32(25-33)18-20-34(21-19-32)31(35)16-15-28-11-4-6-13-29(28)36-3/h4-7,10-11,13-14,26H,8-9,12,15-25H2,1-3H3. The number of hydrogen-bond donors (Lipinski definition) is 0. The Labute approximate surface area is 224 Å². The maximum atomic E-state index is 13.1. The van der Waals surface area contributed by atoms with E-state index in [1.807, 2.05) is 18.2 Å². The maximum absolute atomic E-state index is 13.1. The minimum atomic E-state index is 0.276. The molecular formula is C32H46N2O3. The van der Waals surface area contributed by atoms with Gasteiger partial charge < -0.3 is 14.4 Å². The monoisotopic (exact) mass is 506 g/mol. The van der Waals surface area contributed by atoms with Crippen molar-refractivity contribution in [1.29, 1.82) is 0 Å². The number of piperidine rings is 1. The quantitative estimate of drug-likeness (QED) is 0.482. The highest BCUT2D eigenvalue weighted by Crippen LogP contribution is 2.39. The predicted octanol–water partition coefficient (Wildman–Crippen LogP) is 6.00. The number of amides is 1. The van der Waals surface area contributed by atoms with Gasteiger partial charge in [-0.2, -0.15) is 0 Å². The molecule has 0 unspecified atom stereocenters. The van der Waals surface area contributed by atoms with Crippen LogP contribution in [-0.4, -0.2) is 62.1 Å². The van der Waals surface area contributed by atoms with Crippen molar-refractivity contribution in [3.63, 3.8) is 0 Å². The second kappa shape index (κ2) is 13.3. The van der Waals surface area contributed by atoms with Crippen molar-refractivity contribution < 1.29 is 14.3 Å². The van der Waals surface area contributed by atoms with Crippen LogP contribution in [0.15, 0.2) is 48.5 Å². The van der Waals surface area contributed by atoms with Gasteiger partial charge in [0.1, 0.15) is 18.1 Å². The van der Waals surface area contributed by atoms with Gasteiger partial charge in [0.25, 0.3) is 0 Å². The molecule has 0 radical (unpaired) electrons. The Morgan fingerprint density at radius 2 is 1.76 bits per heavy atom. The molecule has 2 aromatic rings. The number of rotatable bonds is 6. The number of fused-ring (bicyclic) bond motifs is 1. The molecule has 2 aliphatic rings. The van der Waals surface area contributed by atoms with Crippen molar-refractivity contribution in [2.75, 3.05) is 46.4 Å². The summed E-state index contributed by atoms with van der Waals surface area (Å²) in [5.41, 5.74) is 2.73. The summed E-state index contributed by atoms with van der Waals surface area (Å²) in [6.45, 7) is 10.3. The number of methoxy groups -OCH3 is 1. The molecule has 0 atom stereocenters. The summed E-state index contributed by atoms with van der Waals surface area (Å²) in [5, 5.41) is 0. The van der Waals surface area contributed by atoms with Crippen LogP contribution in [0.2, 0.25) is 0 Å². The van der Waals surface area contributed by atoms with Crippen LogP contribution in [0.25, 0.3) is 0 Å². The van der Waals surface area contributed by atoms with E-state index >= 15 is 0 Å². The molecule has 0 aliphatic carbocycles. The summed E-state index contributed by atoms with van der Waals surface area (Å²) in [7, 11) is 1.70. The van der Waals surface area contributed by atoms with Gasteiger partial charge in [0, 0.05) is 39.1 Å². The van der Waals surface area contributed by atoms with E-state index in [0.717, 1.165) is 82.1 Å². The third-order valence-electron chi connectivity index (χ3n) is 8.20. The van der Waals surface area contributed by atoms with E-state index < -0.39 is 0 Å². The number of carbonyl (C=O) groups excluding carboxylic acids is 1. The molecule has 37 heavy (non-hydrogen) atoms. The Hall–Kier alpha value is -2.53. The van der Waals surface area contributed by atoms with Gasteiger partial charge >= 0.3 is 0 Å². The third kappa shape index (κ3) is 7.73. The summed E-state index contributed by atoms with van der Waals surface area (Å²) in [6, 6.07) is 16.6. The molecule has 202 valence electrons. The normalized spacial score (nSPS) is 19.0. The molecule has 0 N–H and O–H groups in total. The van der Waals surface area contributed by atoms with Crippen molar-refractivity contribution >= 4 is 5.91 Å². The first-order valence-electron chi connectivity index (χ1n) is 14.3. The van der Waals surface area contributed by atoms with Gasteiger partial charge in [0.05, 0.1) is 7.11 Å². The molecule has 0 aromatic heterocycles. The van der Waals surface area contributed by atoms with E-state index in [0.29, 0.717) is 12.3 Å². The average Bonchev–Trinajstić information content (AvgIpc) is 2.90. The average molecular weight is 507 g/mol. The lowest BCUT2D eigenvalue weighted by molar-refractivity contribution is -0.133. The van der Waals surface area contributed by atoms with E-state index in [2.05, 4.69) is 54.0 Å². The second-order valence-corrected chi connectivity index (χ2v) is 11.5. The first kappa shape index (κ1) is 27.5. The zero-order chi connectivity index (χ0) is 26.1. The highest BCUT2D eigenvalue weighted by molar-refractivity contribution is 5.76. The Balaban J connectivity index is 1.38. The van der Waals surface area contributed by atoms with Crippen molar-refractivity contribution in [3.8, 4) is 11.5 Å². The topological polar surface area (TPSA) is 42.0 Å². The number of aryl methyl sites for hydroxylation is 2. The predicted molar refractivity (Wildman–Crippen MR) is 150 cm³/mol. The smallest absolute Gasteiger partial charge is 0.222 e. The SMILES string of the molecule is COc1ccccc1CCC(=O)N1CCC2(CCCCc3ccccc3OCCN(CC(C)C)C2)CC1. The summed E-state index contributed by atoms with van der Waals surface area (Å²) in [5.74, 6) is 2.83. The van der Waals surface area contributed by atoms with Gasteiger partial charge in [-0.05, 0) is 73.1 Å². The highest BCUT2D eigenvalue weighted by Gasteiger charge is 2.37. The van der Waals surface area contributed by atoms with Crippen molar-refractivity contribution in [3.05, 3.63) is 59.7 Å². The zero-order valence-electron chi connectivity index (χ0n) is 23.2. The summed E-state index contributed by atoms with van der Waals surface area (Å²) < 4.78 is 11.7. The summed E-state index contributed by atoms with van der Waals surface area (Å²) in [4.78, 5) is 17.9. The number of benzene rings is 2. The molecular weight excluding hydrogens is 460 g/mol. The Kier molecular flexibility index (Phi) is 9.90. The lowest BCUT2D eigenvalue weighted by Crippen LogP contribution is -2.49. The molecule has 5 heteroatoms. The van der Waals surface area contributed by atoms with Gasteiger partial charge in [-0.3, -0.25) is 9.69 Å². The number of para-hydroxylation sites is 2. The van der Waals surface area contributed by atoms with Crippen LogP contribution in [-0.2, 0) is 17.6 Å². The molecule has 1 saturated heterocycles. The minimum Gasteiger partial charge on any atom is -0.496 e. The van der Waals surface area contributed by atoms with Gasteiger partial charge in [0.15, 0.2) is 0 Å². The van der Waals surface area contributed by atoms with Crippen LogP contribution in [0, 0.1) is 11.3 Å².